The number of carboxylic acids is 1. The van der Waals surface area contributed by atoms with Crippen LogP contribution < -0.4 is 5.73 Å². The first-order valence-corrected chi connectivity index (χ1v) is 15.4. The van der Waals surface area contributed by atoms with Gasteiger partial charge in [-0.3, -0.25) is 14.4 Å². The molecular weight excluding hydrogens is 490 g/mol. The molecule has 0 spiro atoms. The van der Waals surface area contributed by atoms with Gasteiger partial charge in [0.05, 0.1) is 0 Å². The molecule has 4 unspecified atom stereocenters. The average molecular weight is 542 g/mol. The van der Waals surface area contributed by atoms with Crippen LogP contribution in [0.4, 0.5) is 0 Å². The molecule has 0 aliphatic heterocycles. The highest BCUT2D eigenvalue weighted by molar-refractivity contribution is 5.96. The number of hydrogen-bond acceptors (Lipinski definition) is 5. The largest absolute Gasteiger partial charge is 0.481 e. The molecule has 0 aromatic heterocycles. The fourth-order valence-corrected chi connectivity index (χ4v) is 11.1. The van der Waals surface area contributed by atoms with Crippen molar-refractivity contribution in [2.45, 2.75) is 119 Å². The summed E-state index contributed by atoms with van der Waals surface area (Å²) in [5.74, 6) is -0.228. The summed E-state index contributed by atoms with van der Waals surface area (Å²) in [4.78, 5) is 39.9. The van der Waals surface area contributed by atoms with E-state index in [2.05, 4.69) is 47.6 Å². The molecule has 0 aromatic rings. The number of ketones is 1. The van der Waals surface area contributed by atoms with Crippen molar-refractivity contribution in [3.63, 3.8) is 0 Å². The Hall–Kier alpha value is -1.69. The highest BCUT2D eigenvalue weighted by atomic mass is 16.5. The fourth-order valence-electron chi connectivity index (χ4n) is 11.1. The number of esters is 1. The number of rotatable bonds is 3. The van der Waals surface area contributed by atoms with Crippen LogP contribution in [0.3, 0.4) is 0 Å². The van der Waals surface area contributed by atoms with Gasteiger partial charge in [-0.15, -0.1) is 0 Å². The number of nitrogens with two attached hydrogens (primary N) is 1. The van der Waals surface area contributed by atoms with E-state index in [0.29, 0.717) is 37.0 Å². The van der Waals surface area contributed by atoms with Crippen LogP contribution in [0.25, 0.3) is 0 Å². The number of carboxylic acid groups (broad SMARTS) is 1. The second-order valence-electron chi connectivity index (χ2n) is 15.6. The van der Waals surface area contributed by atoms with Crippen molar-refractivity contribution in [3.8, 4) is 0 Å². The Kier molecular flexibility index (Phi) is 6.58. The Labute approximate surface area is 234 Å². The summed E-state index contributed by atoms with van der Waals surface area (Å²) in [5, 5.41) is 10.6. The van der Waals surface area contributed by atoms with Crippen LogP contribution in [-0.2, 0) is 19.1 Å². The number of carbonyl (C=O) groups is 3. The van der Waals surface area contributed by atoms with Crippen LogP contribution in [0.5, 0.6) is 0 Å². The molecule has 0 aromatic carbocycles. The third-order valence-corrected chi connectivity index (χ3v) is 13.8. The molecule has 5 aliphatic carbocycles. The van der Waals surface area contributed by atoms with Crippen LogP contribution in [0.2, 0.25) is 0 Å². The molecule has 218 valence electrons. The summed E-state index contributed by atoms with van der Waals surface area (Å²) in [6.45, 7) is 17.5. The Bertz CT molecular complexity index is 1110. The molecule has 39 heavy (non-hydrogen) atoms. The topological polar surface area (TPSA) is 107 Å². The second-order valence-corrected chi connectivity index (χ2v) is 15.6. The highest BCUT2D eigenvalue weighted by Gasteiger charge is 2.72. The smallest absolute Gasteiger partial charge is 0.322 e. The molecule has 12 atom stereocenters. The molecule has 5 rings (SSSR count). The lowest BCUT2D eigenvalue weighted by molar-refractivity contribution is -0.221. The molecule has 4 saturated carbocycles. The highest BCUT2D eigenvalue weighted by Crippen LogP contribution is 2.75. The molecule has 3 N–H and O–H groups in total. The van der Waals surface area contributed by atoms with Crippen molar-refractivity contribution < 1.29 is 24.2 Å². The predicted octanol–water partition coefficient (Wildman–Crippen LogP) is 6.17. The van der Waals surface area contributed by atoms with E-state index in [1.165, 1.54) is 24.8 Å². The van der Waals surface area contributed by atoms with Crippen molar-refractivity contribution in [1.29, 1.82) is 0 Å². The van der Waals surface area contributed by atoms with Gasteiger partial charge in [0.1, 0.15) is 17.6 Å². The van der Waals surface area contributed by atoms with E-state index < -0.39 is 34.9 Å². The van der Waals surface area contributed by atoms with Crippen LogP contribution in [-0.4, -0.2) is 35.0 Å². The first kappa shape index (κ1) is 28.8. The van der Waals surface area contributed by atoms with Gasteiger partial charge in [0.2, 0.25) is 0 Å². The number of ether oxygens (including phenoxy) is 1. The lowest BCUT2D eigenvalue weighted by Gasteiger charge is -2.70. The summed E-state index contributed by atoms with van der Waals surface area (Å²) in [5.41, 5.74) is 5.31. The van der Waals surface area contributed by atoms with E-state index in [1.54, 1.807) is 13.8 Å². The van der Waals surface area contributed by atoms with Gasteiger partial charge in [-0.05, 0) is 117 Å². The van der Waals surface area contributed by atoms with E-state index in [0.717, 1.165) is 12.8 Å². The van der Waals surface area contributed by atoms with Gasteiger partial charge < -0.3 is 15.6 Å². The molecule has 0 saturated heterocycles. The first-order chi connectivity index (χ1) is 18.0. The quantitative estimate of drug-likeness (QED) is 0.414. The standard InChI is InChI=1S/C33H51NO5/c1-18-9-12-29(4)15-16-31(6)21(25(29)19(18)2)17-22(35)26-30(5)13-11-24(39-27(36)20(3)34)33(8,28(37)38)23(30)10-14-32(26,31)7/h17-20,23-26H,9-16,34H2,1-8H3,(H,37,38)/t18-,19+,20?,23?,24-,25?,26?,29-,30+,31-,32-,33-/m1/s1. The second kappa shape index (κ2) is 8.90. The normalized spacial score (nSPS) is 51.8. The Morgan fingerprint density at radius 2 is 1.67 bits per heavy atom. The van der Waals surface area contributed by atoms with Crippen molar-refractivity contribution >= 4 is 17.7 Å². The van der Waals surface area contributed by atoms with Gasteiger partial charge in [0.25, 0.3) is 0 Å². The Morgan fingerprint density at radius 1 is 1.00 bits per heavy atom. The van der Waals surface area contributed by atoms with Gasteiger partial charge in [0.15, 0.2) is 5.78 Å². The third kappa shape index (κ3) is 3.64. The van der Waals surface area contributed by atoms with E-state index in [-0.39, 0.29) is 33.9 Å². The van der Waals surface area contributed by atoms with Crippen molar-refractivity contribution in [2.24, 2.45) is 62.4 Å². The average Bonchev–Trinajstić information content (AvgIpc) is 2.84. The number of allylic oxidation sites excluding steroid dienone is 2. The van der Waals surface area contributed by atoms with Gasteiger partial charge in [-0.2, -0.15) is 0 Å². The third-order valence-electron chi connectivity index (χ3n) is 13.8. The lowest BCUT2D eigenvalue weighted by atomic mass is 9.33. The SMILES string of the molecule is CC(N)C(=O)O[C@@H]1CC[C@@]2(C)C(CC[C@]3(C)C2C(=O)C=C2C4[C@@H](C)[C@H](C)CC[C@]4(C)CC[C@]23C)[C@@]1(C)C(=O)O. The summed E-state index contributed by atoms with van der Waals surface area (Å²) in [6, 6.07) is -0.809. The maximum atomic E-state index is 14.5. The van der Waals surface area contributed by atoms with Crippen LogP contribution in [0.1, 0.15) is 107 Å². The van der Waals surface area contributed by atoms with Crippen LogP contribution in [0, 0.1) is 56.7 Å². The van der Waals surface area contributed by atoms with Crippen molar-refractivity contribution in [1.82, 2.24) is 0 Å². The van der Waals surface area contributed by atoms with E-state index in [9.17, 15) is 19.5 Å². The molecule has 0 amide bonds. The van der Waals surface area contributed by atoms with Crippen molar-refractivity contribution in [2.75, 3.05) is 0 Å². The number of carbonyl (C=O) groups excluding carboxylic acids is 2. The monoisotopic (exact) mass is 541 g/mol. The molecule has 4 fully saturated rings. The zero-order chi connectivity index (χ0) is 28.9. The summed E-state index contributed by atoms with van der Waals surface area (Å²) in [6.07, 6.45) is 8.66. The van der Waals surface area contributed by atoms with E-state index in [4.69, 9.17) is 10.5 Å². The summed E-state index contributed by atoms with van der Waals surface area (Å²) < 4.78 is 5.77. The fraction of sp³-hybridized carbons (Fsp3) is 0.848. The molecule has 6 heteroatoms. The van der Waals surface area contributed by atoms with E-state index in [1.807, 2.05) is 0 Å². The molecule has 5 aliphatic rings. The zero-order valence-electron chi connectivity index (χ0n) is 25.4. The minimum absolute atomic E-state index is 0.0903. The maximum absolute atomic E-state index is 14.5. The minimum atomic E-state index is -1.28. The molecule has 6 nitrogen and oxygen atoms in total. The number of aliphatic carboxylic acids is 1. The first-order valence-electron chi connectivity index (χ1n) is 15.4. The lowest BCUT2D eigenvalue weighted by Crippen LogP contribution is -2.68. The molecular formula is C33H51NO5. The molecule has 0 bridgehead atoms. The maximum Gasteiger partial charge on any atom is 0.322 e. The summed E-state index contributed by atoms with van der Waals surface area (Å²) >= 11 is 0. The predicted molar refractivity (Wildman–Crippen MR) is 151 cm³/mol. The molecule has 0 radical (unpaired) electrons. The van der Waals surface area contributed by atoms with Gasteiger partial charge in [-0.1, -0.05) is 47.1 Å². The Balaban J connectivity index is 1.59. The van der Waals surface area contributed by atoms with Crippen molar-refractivity contribution in [3.05, 3.63) is 11.6 Å². The Morgan fingerprint density at radius 3 is 2.28 bits per heavy atom. The van der Waals surface area contributed by atoms with Gasteiger partial charge >= 0.3 is 11.9 Å². The van der Waals surface area contributed by atoms with Gasteiger partial charge in [-0.25, -0.2) is 0 Å². The molecule has 0 heterocycles. The summed E-state index contributed by atoms with van der Waals surface area (Å²) in [7, 11) is 0. The number of hydrogen-bond donors (Lipinski definition) is 2. The zero-order valence-corrected chi connectivity index (χ0v) is 25.4. The van der Waals surface area contributed by atoms with Crippen LogP contribution >= 0.6 is 0 Å². The van der Waals surface area contributed by atoms with E-state index >= 15 is 0 Å². The van der Waals surface area contributed by atoms with Gasteiger partial charge in [0, 0.05) is 5.92 Å². The van der Waals surface area contributed by atoms with Crippen LogP contribution in [0.15, 0.2) is 11.6 Å². The minimum Gasteiger partial charge on any atom is -0.481 e. The number of fused-ring (bicyclic) bond motifs is 7.